The molecule has 1 aromatic rings. The average Bonchev–Trinajstić information content (AvgIpc) is 2.34. The van der Waals surface area contributed by atoms with E-state index in [-0.39, 0.29) is 0 Å². The van der Waals surface area contributed by atoms with E-state index >= 15 is 0 Å². The standard InChI is InChI=1S/C11H18N4OS/c1-3-12-10-9(2)11(14-8-13-10)15-4-6-17(16)7-5-15/h8H,3-7H2,1-2H3,(H,12,13,14). The summed E-state index contributed by atoms with van der Waals surface area (Å²) >= 11 is 0. The van der Waals surface area contributed by atoms with E-state index in [9.17, 15) is 4.21 Å². The first kappa shape index (κ1) is 12.3. The quantitative estimate of drug-likeness (QED) is 0.864. The predicted octanol–water partition coefficient (Wildman–Crippen LogP) is 0.786. The molecule has 1 aliphatic rings. The van der Waals surface area contributed by atoms with Crippen LogP contribution in [-0.4, -0.2) is 45.3 Å². The van der Waals surface area contributed by atoms with Gasteiger partial charge < -0.3 is 10.2 Å². The molecular formula is C11H18N4OS. The Bertz CT molecular complexity index is 414. The Hall–Kier alpha value is -1.17. The van der Waals surface area contributed by atoms with E-state index in [0.29, 0.717) is 0 Å². The fraction of sp³-hybridized carbons (Fsp3) is 0.636. The summed E-state index contributed by atoms with van der Waals surface area (Å²) in [5.41, 5.74) is 1.07. The largest absolute Gasteiger partial charge is 0.370 e. The minimum absolute atomic E-state index is 0.651. The number of rotatable bonds is 3. The molecule has 5 nitrogen and oxygen atoms in total. The van der Waals surface area contributed by atoms with Crippen molar-refractivity contribution in [1.82, 2.24) is 9.97 Å². The number of anilines is 2. The monoisotopic (exact) mass is 254 g/mol. The van der Waals surface area contributed by atoms with Gasteiger partial charge in [-0.2, -0.15) is 0 Å². The van der Waals surface area contributed by atoms with Gasteiger partial charge in [0, 0.05) is 47.5 Å². The van der Waals surface area contributed by atoms with Crippen LogP contribution in [-0.2, 0) is 10.8 Å². The Morgan fingerprint density at radius 2 is 2.12 bits per heavy atom. The SMILES string of the molecule is CCNc1ncnc(N2CCS(=O)CC2)c1C. The van der Waals surface area contributed by atoms with Crippen molar-refractivity contribution in [3.05, 3.63) is 11.9 Å². The second-order valence-electron chi connectivity index (χ2n) is 4.04. The number of nitrogens with zero attached hydrogens (tertiary/aromatic N) is 3. The van der Waals surface area contributed by atoms with Gasteiger partial charge in [-0.15, -0.1) is 0 Å². The molecule has 6 heteroatoms. The van der Waals surface area contributed by atoms with E-state index in [4.69, 9.17) is 0 Å². The molecule has 0 unspecified atom stereocenters. The summed E-state index contributed by atoms with van der Waals surface area (Å²) < 4.78 is 11.3. The van der Waals surface area contributed by atoms with Crippen molar-refractivity contribution < 1.29 is 4.21 Å². The summed E-state index contributed by atoms with van der Waals surface area (Å²) in [6, 6.07) is 0. The minimum atomic E-state index is -0.651. The minimum Gasteiger partial charge on any atom is -0.370 e. The van der Waals surface area contributed by atoms with Gasteiger partial charge in [0.2, 0.25) is 0 Å². The topological polar surface area (TPSA) is 58.1 Å². The van der Waals surface area contributed by atoms with Crippen LogP contribution < -0.4 is 10.2 Å². The molecule has 0 saturated carbocycles. The van der Waals surface area contributed by atoms with Crippen molar-refractivity contribution in [1.29, 1.82) is 0 Å². The van der Waals surface area contributed by atoms with E-state index in [1.165, 1.54) is 0 Å². The first-order valence-electron chi connectivity index (χ1n) is 5.87. The summed E-state index contributed by atoms with van der Waals surface area (Å²) in [5, 5.41) is 3.23. The number of nitrogens with one attached hydrogen (secondary N) is 1. The Morgan fingerprint density at radius 3 is 2.76 bits per heavy atom. The molecule has 0 aliphatic carbocycles. The second-order valence-corrected chi connectivity index (χ2v) is 5.73. The van der Waals surface area contributed by atoms with Crippen LogP contribution in [0.15, 0.2) is 6.33 Å². The van der Waals surface area contributed by atoms with Crippen molar-refractivity contribution in [3.8, 4) is 0 Å². The number of hydrogen-bond acceptors (Lipinski definition) is 5. The lowest BCUT2D eigenvalue weighted by molar-refractivity contribution is 0.672. The molecule has 2 heterocycles. The lowest BCUT2D eigenvalue weighted by Crippen LogP contribution is -2.38. The van der Waals surface area contributed by atoms with Crippen molar-refractivity contribution in [2.24, 2.45) is 0 Å². The summed E-state index contributed by atoms with van der Waals surface area (Å²) in [6.45, 7) is 6.55. The molecule has 0 atom stereocenters. The molecule has 17 heavy (non-hydrogen) atoms. The Morgan fingerprint density at radius 1 is 1.41 bits per heavy atom. The van der Waals surface area contributed by atoms with Crippen molar-refractivity contribution in [2.75, 3.05) is 41.4 Å². The van der Waals surface area contributed by atoms with Crippen LogP contribution in [0.5, 0.6) is 0 Å². The molecule has 0 radical (unpaired) electrons. The molecule has 0 aromatic carbocycles. The van der Waals surface area contributed by atoms with E-state index in [0.717, 1.165) is 48.3 Å². The number of hydrogen-bond donors (Lipinski definition) is 1. The van der Waals surface area contributed by atoms with E-state index in [1.807, 2.05) is 13.8 Å². The second kappa shape index (κ2) is 5.44. The molecule has 0 bridgehead atoms. The van der Waals surface area contributed by atoms with Crippen LogP contribution in [0.1, 0.15) is 12.5 Å². The van der Waals surface area contributed by atoms with Gasteiger partial charge >= 0.3 is 0 Å². The zero-order valence-electron chi connectivity index (χ0n) is 10.3. The van der Waals surface area contributed by atoms with Crippen LogP contribution in [0.2, 0.25) is 0 Å². The van der Waals surface area contributed by atoms with Gasteiger partial charge in [0.1, 0.15) is 18.0 Å². The maximum absolute atomic E-state index is 11.3. The van der Waals surface area contributed by atoms with E-state index in [2.05, 4.69) is 20.2 Å². The van der Waals surface area contributed by atoms with Crippen LogP contribution in [0.25, 0.3) is 0 Å². The fourth-order valence-electron chi connectivity index (χ4n) is 1.96. The lowest BCUT2D eigenvalue weighted by atomic mass is 10.3. The van der Waals surface area contributed by atoms with Gasteiger partial charge in [-0.05, 0) is 13.8 Å². The van der Waals surface area contributed by atoms with E-state index < -0.39 is 10.8 Å². The average molecular weight is 254 g/mol. The van der Waals surface area contributed by atoms with Gasteiger partial charge in [0.05, 0.1) is 0 Å². The molecule has 1 saturated heterocycles. The lowest BCUT2D eigenvalue weighted by Gasteiger charge is -2.28. The molecule has 1 aromatic heterocycles. The molecule has 94 valence electrons. The summed E-state index contributed by atoms with van der Waals surface area (Å²) in [6.07, 6.45) is 1.59. The summed E-state index contributed by atoms with van der Waals surface area (Å²) in [5.74, 6) is 3.33. The predicted molar refractivity (Wildman–Crippen MR) is 71.0 cm³/mol. The van der Waals surface area contributed by atoms with Gasteiger partial charge in [0.15, 0.2) is 0 Å². The first-order chi connectivity index (χ1) is 8.22. The normalized spacial score (nSPS) is 17.2. The van der Waals surface area contributed by atoms with E-state index in [1.54, 1.807) is 6.33 Å². The van der Waals surface area contributed by atoms with Gasteiger partial charge in [-0.1, -0.05) is 0 Å². The highest BCUT2D eigenvalue weighted by Crippen LogP contribution is 2.22. The van der Waals surface area contributed by atoms with Crippen LogP contribution in [0.3, 0.4) is 0 Å². The highest BCUT2D eigenvalue weighted by Gasteiger charge is 2.19. The van der Waals surface area contributed by atoms with Crippen LogP contribution in [0, 0.1) is 6.92 Å². The molecule has 2 rings (SSSR count). The maximum atomic E-state index is 11.3. The van der Waals surface area contributed by atoms with Crippen molar-refractivity contribution in [3.63, 3.8) is 0 Å². The summed E-state index contributed by atoms with van der Waals surface area (Å²) in [7, 11) is -0.651. The van der Waals surface area contributed by atoms with Gasteiger partial charge in [0.25, 0.3) is 0 Å². The molecule has 0 spiro atoms. The Labute approximate surface area is 104 Å². The van der Waals surface area contributed by atoms with Gasteiger partial charge in [-0.3, -0.25) is 4.21 Å². The first-order valence-corrected chi connectivity index (χ1v) is 7.36. The maximum Gasteiger partial charge on any atom is 0.137 e. The fourth-order valence-corrected chi connectivity index (χ4v) is 3.01. The molecule has 1 aliphatic heterocycles. The molecular weight excluding hydrogens is 236 g/mol. The Kier molecular flexibility index (Phi) is 3.93. The molecule has 1 fully saturated rings. The van der Waals surface area contributed by atoms with Crippen LogP contribution >= 0.6 is 0 Å². The van der Waals surface area contributed by atoms with Gasteiger partial charge in [-0.25, -0.2) is 9.97 Å². The smallest absolute Gasteiger partial charge is 0.137 e. The third-order valence-electron chi connectivity index (χ3n) is 2.88. The highest BCUT2D eigenvalue weighted by molar-refractivity contribution is 7.85. The zero-order chi connectivity index (χ0) is 12.3. The highest BCUT2D eigenvalue weighted by atomic mass is 32.2. The summed E-state index contributed by atoms with van der Waals surface area (Å²) in [4.78, 5) is 10.8. The Balaban J connectivity index is 2.20. The third kappa shape index (κ3) is 2.74. The number of aromatic nitrogens is 2. The van der Waals surface area contributed by atoms with Crippen molar-refractivity contribution in [2.45, 2.75) is 13.8 Å². The van der Waals surface area contributed by atoms with Crippen LogP contribution in [0.4, 0.5) is 11.6 Å². The third-order valence-corrected chi connectivity index (χ3v) is 4.15. The zero-order valence-corrected chi connectivity index (χ0v) is 11.1. The molecule has 0 amide bonds. The van der Waals surface area contributed by atoms with Crippen molar-refractivity contribution >= 4 is 22.4 Å². The molecule has 1 N–H and O–H groups in total.